The molecule has 0 aromatic carbocycles. The molecule has 118 valence electrons. The molecule has 1 unspecified atom stereocenters. The molecule has 2 saturated carbocycles. The maximum atomic E-state index is 12.5. The lowest BCUT2D eigenvalue weighted by Crippen LogP contribution is -2.44. The van der Waals surface area contributed by atoms with Crippen molar-refractivity contribution in [1.82, 2.24) is 10.2 Å². The van der Waals surface area contributed by atoms with Gasteiger partial charge in [0.15, 0.2) is 0 Å². The van der Waals surface area contributed by atoms with Gasteiger partial charge in [-0.1, -0.05) is 32.6 Å². The van der Waals surface area contributed by atoms with Crippen LogP contribution >= 0.6 is 0 Å². The van der Waals surface area contributed by atoms with Gasteiger partial charge in [0.2, 0.25) is 11.8 Å². The number of nitrogens with one attached hydrogen (secondary N) is 1. The monoisotopic (exact) mass is 292 g/mol. The summed E-state index contributed by atoms with van der Waals surface area (Å²) in [5, 5.41) is 3.39. The molecule has 2 aliphatic carbocycles. The van der Waals surface area contributed by atoms with Crippen LogP contribution in [0.3, 0.4) is 0 Å². The van der Waals surface area contributed by atoms with E-state index in [0.29, 0.717) is 12.3 Å². The number of hydrogen-bond acceptors (Lipinski definition) is 3. The Morgan fingerprint density at radius 3 is 2.38 bits per heavy atom. The predicted octanol–water partition coefficient (Wildman–Crippen LogP) is 2.47. The molecule has 21 heavy (non-hydrogen) atoms. The van der Waals surface area contributed by atoms with E-state index in [1.54, 1.807) is 4.90 Å². The molecule has 2 amide bonds. The minimum atomic E-state index is -0.252. The van der Waals surface area contributed by atoms with Gasteiger partial charge in [0.05, 0.1) is 12.5 Å². The van der Waals surface area contributed by atoms with E-state index in [0.717, 1.165) is 38.1 Å². The van der Waals surface area contributed by atoms with Crippen molar-refractivity contribution in [3.8, 4) is 0 Å². The Morgan fingerprint density at radius 1 is 1.05 bits per heavy atom. The highest BCUT2D eigenvalue weighted by Crippen LogP contribution is 2.30. The maximum Gasteiger partial charge on any atom is 0.247 e. The highest BCUT2D eigenvalue weighted by atomic mass is 16.2. The highest BCUT2D eigenvalue weighted by Gasteiger charge is 2.42. The largest absolute Gasteiger partial charge is 0.305 e. The molecule has 0 aromatic heterocycles. The van der Waals surface area contributed by atoms with Crippen molar-refractivity contribution in [3.63, 3.8) is 0 Å². The summed E-state index contributed by atoms with van der Waals surface area (Å²) in [4.78, 5) is 26.2. The van der Waals surface area contributed by atoms with Crippen molar-refractivity contribution in [3.05, 3.63) is 0 Å². The van der Waals surface area contributed by atoms with E-state index in [1.165, 1.54) is 25.7 Å². The van der Waals surface area contributed by atoms with Gasteiger partial charge in [-0.25, -0.2) is 0 Å². The van der Waals surface area contributed by atoms with Crippen LogP contribution in [0.5, 0.6) is 0 Å². The Morgan fingerprint density at radius 2 is 1.71 bits per heavy atom. The fourth-order valence-corrected chi connectivity index (χ4v) is 4.20. The van der Waals surface area contributed by atoms with Gasteiger partial charge in [-0.3, -0.25) is 14.5 Å². The zero-order chi connectivity index (χ0) is 14.8. The highest BCUT2D eigenvalue weighted by molar-refractivity contribution is 6.05. The molecule has 0 radical (unpaired) electrons. The Kier molecular flexibility index (Phi) is 4.63. The quantitative estimate of drug-likeness (QED) is 0.810. The molecule has 0 aromatic rings. The number of nitrogens with zero attached hydrogens (tertiary/aromatic N) is 1. The van der Waals surface area contributed by atoms with Crippen LogP contribution in [0.2, 0.25) is 0 Å². The molecule has 0 spiro atoms. The van der Waals surface area contributed by atoms with Crippen LogP contribution in [0.15, 0.2) is 0 Å². The molecule has 3 rings (SSSR count). The number of imide groups is 1. The first-order valence-electron chi connectivity index (χ1n) is 8.74. The van der Waals surface area contributed by atoms with Gasteiger partial charge < -0.3 is 5.32 Å². The molecule has 1 atom stereocenters. The normalized spacial score (nSPS) is 34.9. The molecular formula is C17H28N2O2. The number of likely N-dealkylation sites (tertiary alicyclic amines) is 1. The molecule has 4 heteroatoms. The lowest BCUT2D eigenvalue weighted by Gasteiger charge is -2.27. The van der Waals surface area contributed by atoms with E-state index >= 15 is 0 Å². The second-order valence-electron chi connectivity index (χ2n) is 7.33. The molecule has 0 bridgehead atoms. The lowest BCUT2D eigenvalue weighted by atomic mass is 9.83. The van der Waals surface area contributed by atoms with E-state index in [2.05, 4.69) is 12.2 Å². The van der Waals surface area contributed by atoms with E-state index in [1.807, 2.05) is 0 Å². The molecule has 1 saturated heterocycles. The number of hydrogen-bond donors (Lipinski definition) is 1. The minimum absolute atomic E-state index is 0.0380. The van der Waals surface area contributed by atoms with Crippen molar-refractivity contribution in [2.75, 3.05) is 6.54 Å². The average Bonchev–Trinajstić information content (AvgIpc) is 3.07. The maximum absolute atomic E-state index is 12.5. The van der Waals surface area contributed by atoms with Crippen molar-refractivity contribution >= 4 is 11.8 Å². The van der Waals surface area contributed by atoms with Crippen molar-refractivity contribution in [2.24, 2.45) is 11.8 Å². The second-order valence-corrected chi connectivity index (χ2v) is 7.33. The molecule has 3 aliphatic rings. The van der Waals surface area contributed by atoms with Crippen LogP contribution in [0.1, 0.15) is 64.7 Å². The van der Waals surface area contributed by atoms with Gasteiger partial charge in [-0.05, 0) is 44.1 Å². The van der Waals surface area contributed by atoms with Crippen molar-refractivity contribution in [1.29, 1.82) is 0 Å². The van der Waals surface area contributed by atoms with Gasteiger partial charge in [0.1, 0.15) is 0 Å². The fourth-order valence-electron chi connectivity index (χ4n) is 4.20. The molecular weight excluding hydrogens is 264 g/mol. The Labute approximate surface area is 127 Å². The molecule has 1 N–H and O–H groups in total. The third-order valence-electron chi connectivity index (χ3n) is 5.66. The lowest BCUT2D eigenvalue weighted by molar-refractivity contribution is -0.141. The first kappa shape index (κ1) is 15.0. The summed E-state index contributed by atoms with van der Waals surface area (Å²) in [6, 6.07) is -0.0650. The molecule has 1 aliphatic heterocycles. The zero-order valence-corrected chi connectivity index (χ0v) is 13.1. The van der Waals surface area contributed by atoms with Crippen LogP contribution in [-0.2, 0) is 9.59 Å². The Hall–Kier alpha value is -0.900. The first-order chi connectivity index (χ1) is 10.1. The summed E-state index contributed by atoms with van der Waals surface area (Å²) in [7, 11) is 0. The third kappa shape index (κ3) is 3.31. The van der Waals surface area contributed by atoms with Crippen LogP contribution < -0.4 is 5.32 Å². The van der Waals surface area contributed by atoms with Gasteiger partial charge in [0, 0.05) is 6.04 Å². The molecule has 3 fully saturated rings. The minimum Gasteiger partial charge on any atom is -0.305 e. The summed E-state index contributed by atoms with van der Waals surface area (Å²) in [6.45, 7) is 3.22. The summed E-state index contributed by atoms with van der Waals surface area (Å²) in [6.07, 6.45) is 9.81. The van der Waals surface area contributed by atoms with Gasteiger partial charge in [-0.2, -0.15) is 0 Å². The Bertz CT molecular complexity index is 396. The molecule has 1 heterocycles. The third-order valence-corrected chi connectivity index (χ3v) is 5.66. The number of carbonyl (C=O) groups excluding carboxylic acids is 2. The van der Waals surface area contributed by atoms with Crippen LogP contribution in [0, 0.1) is 11.8 Å². The SMILES string of the molecule is CC1CCC(CNC2CC(=O)N(C3CCCC3)C2=O)CC1. The van der Waals surface area contributed by atoms with E-state index in [4.69, 9.17) is 0 Å². The van der Waals surface area contributed by atoms with Crippen LogP contribution in [0.4, 0.5) is 0 Å². The number of amides is 2. The predicted molar refractivity (Wildman–Crippen MR) is 81.6 cm³/mol. The van der Waals surface area contributed by atoms with Crippen molar-refractivity contribution < 1.29 is 9.59 Å². The second kappa shape index (κ2) is 6.47. The van der Waals surface area contributed by atoms with Crippen molar-refractivity contribution in [2.45, 2.75) is 76.8 Å². The van der Waals surface area contributed by atoms with Gasteiger partial charge in [0.25, 0.3) is 0 Å². The van der Waals surface area contributed by atoms with Gasteiger partial charge in [-0.15, -0.1) is 0 Å². The fraction of sp³-hybridized carbons (Fsp3) is 0.882. The average molecular weight is 292 g/mol. The summed E-state index contributed by atoms with van der Waals surface area (Å²) in [5.74, 6) is 1.62. The zero-order valence-electron chi connectivity index (χ0n) is 13.1. The van der Waals surface area contributed by atoms with Crippen LogP contribution in [-0.4, -0.2) is 35.3 Å². The Balaban J connectivity index is 1.50. The molecule has 4 nitrogen and oxygen atoms in total. The standard InChI is InChI=1S/C17H28N2O2/c1-12-6-8-13(9-7-12)11-18-15-10-16(20)19(17(15)21)14-4-2-3-5-14/h12-15,18H,2-11H2,1H3. The summed E-state index contributed by atoms with van der Waals surface area (Å²) < 4.78 is 0. The summed E-state index contributed by atoms with van der Waals surface area (Å²) >= 11 is 0. The van der Waals surface area contributed by atoms with E-state index < -0.39 is 0 Å². The van der Waals surface area contributed by atoms with Crippen LogP contribution in [0.25, 0.3) is 0 Å². The van der Waals surface area contributed by atoms with E-state index in [-0.39, 0.29) is 23.9 Å². The number of carbonyl (C=O) groups is 2. The van der Waals surface area contributed by atoms with Gasteiger partial charge >= 0.3 is 0 Å². The number of rotatable bonds is 4. The smallest absolute Gasteiger partial charge is 0.247 e. The van der Waals surface area contributed by atoms with E-state index in [9.17, 15) is 9.59 Å². The first-order valence-corrected chi connectivity index (χ1v) is 8.74. The summed E-state index contributed by atoms with van der Waals surface area (Å²) in [5.41, 5.74) is 0. The topological polar surface area (TPSA) is 49.4 Å².